The number of amides is 1. The number of benzene rings is 1. The Labute approximate surface area is 122 Å². The summed E-state index contributed by atoms with van der Waals surface area (Å²) in [6.07, 6.45) is 2.33. The largest absolute Gasteiger partial charge is 0.307 e. The quantitative estimate of drug-likeness (QED) is 0.660. The van der Waals surface area contributed by atoms with Gasteiger partial charge in [0.15, 0.2) is 0 Å². The van der Waals surface area contributed by atoms with Crippen molar-refractivity contribution in [2.75, 3.05) is 5.32 Å². The first-order valence-electron chi connectivity index (χ1n) is 5.80. The molecule has 0 radical (unpaired) electrons. The SMILES string of the molecule is CCc1cn[nH]c1NC(=O)c1cc([N+](=O)[O-])ccc1Br. The van der Waals surface area contributed by atoms with Crippen molar-refractivity contribution >= 4 is 33.3 Å². The number of nitro groups is 1. The second-order valence-corrected chi connectivity index (χ2v) is 4.85. The van der Waals surface area contributed by atoms with Crippen LogP contribution in [0.15, 0.2) is 28.9 Å². The summed E-state index contributed by atoms with van der Waals surface area (Å²) in [6, 6.07) is 4.02. The molecule has 1 heterocycles. The van der Waals surface area contributed by atoms with Gasteiger partial charge < -0.3 is 5.32 Å². The summed E-state index contributed by atoms with van der Waals surface area (Å²) in [4.78, 5) is 22.4. The van der Waals surface area contributed by atoms with Crippen molar-refractivity contribution in [1.29, 1.82) is 0 Å². The Kier molecular flexibility index (Phi) is 4.14. The van der Waals surface area contributed by atoms with Crippen LogP contribution in [0.1, 0.15) is 22.8 Å². The predicted molar refractivity (Wildman–Crippen MR) is 76.7 cm³/mol. The van der Waals surface area contributed by atoms with E-state index in [-0.39, 0.29) is 11.3 Å². The van der Waals surface area contributed by atoms with Gasteiger partial charge in [-0.1, -0.05) is 6.92 Å². The minimum Gasteiger partial charge on any atom is -0.307 e. The number of aryl methyl sites for hydroxylation is 1. The van der Waals surface area contributed by atoms with Gasteiger partial charge in [0.25, 0.3) is 11.6 Å². The van der Waals surface area contributed by atoms with E-state index in [0.717, 1.165) is 5.56 Å². The number of hydrogen-bond acceptors (Lipinski definition) is 4. The van der Waals surface area contributed by atoms with Crippen LogP contribution in [0, 0.1) is 10.1 Å². The van der Waals surface area contributed by atoms with Crippen molar-refractivity contribution in [3.05, 3.63) is 50.1 Å². The number of carbonyl (C=O) groups excluding carboxylic acids is 1. The molecule has 0 unspecified atom stereocenters. The van der Waals surface area contributed by atoms with Gasteiger partial charge in [-0.15, -0.1) is 0 Å². The summed E-state index contributed by atoms with van der Waals surface area (Å²) in [5.41, 5.74) is 0.912. The standard InChI is InChI=1S/C12H11BrN4O3/c1-2-7-6-14-16-11(7)15-12(18)9-5-8(17(19)20)3-4-10(9)13/h3-6H,2H2,1H3,(H2,14,15,16,18). The molecule has 7 nitrogen and oxygen atoms in total. The van der Waals surface area contributed by atoms with Gasteiger partial charge in [-0.25, -0.2) is 0 Å². The number of anilines is 1. The van der Waals surface area contributed by atoms with E-state index in [1.54, 1.807) is 6.20 Å². The van der Waals surface area contributed by atoms with Gasteiger partial charge in [-0.3, -0.25) is 20.0 Å². The molecule has 2 N–H and O–H groups in total. The molecule has 2 rings (SSSR count). The van der Waals surface area contributed by atoms with Gasteiger partial charge in [0.05, 0.1) is 16.7 Å². The molecule has 0 saturated carbocycles. The van der Waals surface area contributed by atoms with Gasteiger partial charge in [0.1, 0.15) is 5.82 Å². The summed E-state index contributed by atoms with van der Waals surface area (Å²) in [6.45, 7) is 1.93. The molecule has 8 heteroatoms. The van der Waals surface area contributed by atoms with Crippen molar-refractivity contribution in [2.24, 2.45) is 0 Å². The Balaban J connectivity index is 2.29. The fourth-order valence-electron chi connectivity index (χ4n) is 1.67. The van der Waals surface area contributed by atoms with Crippen LogP contribution in [0.4, 0.5) is 11.5 Å². The summed E-state index contributed by atoms with van der Waals surface area (Å²) < 4.78 is 0.484. The third kappa shape index (κ3) is 2.85. The second kappa shape index (κ2) is 5.83. The van der Waals surface area contributed by atoms with Crippen molar-refractivity contribution in [1.82, 2.24) is 10.2 Å². The highest BCUT2D eigenvalue weighted by atomic mass is 79.9. The molecule has 0 atom stereocenters. The third-order valence-electron chi connectivity index (χ3n) is 2.74. The highest BCUT2D eigenvalue weighted by molar-refractivity contribution is 9.10. The van der Waals surface area contributed by atoms with Crippen LogP contribution < -0.4 is 5.32 Å². The van der Waals surface area contributed by atoms with E-state index < -0.39 is 10.8 Å². The van der Waals surface area contributed by atoms with Crippen LogP contribution in [0.5, 0.6) is 0 Å². The molecule has 1 amide bonds. The molecule has 0 aliphatic heterocycles. The molecule has 0 spiro atoms. The van der Waals surface area contributed by atoms with E-state index in [2.05, 4.69) is 31.4 Å². The molecule has 0 aliphatic carbocycles. The first-order valence-corrected chi connectivity index (χ1v) is 6.59. The Morgan fingerprint density at radius 1 is 1.55 bits per heavy atom. The van der Waals surface area contributed by atoms with E-state index in [9.17, 15) is 14.9 Å². The Bertz CT molecular complexity index is 668. The van der Waals surface area contributed by atoms with Crippen LogP contribution in [0.25, 0.3) is 0 Å². The van der Waals surface area contributed by atoms with Crippen LogP contribution in [-0.4, -0.2) is 21.0 Å². The number of rotatable bonds is 4. The Morgan fingerprint density at radius 2 is 2.30 bits per heavy atom. The monoisotopic (exact) mass is 338 g/mol. The minimum atomic E-state index is -0.545. The number of halogens is 1. The van der Waals surface area contributed by atoms with Crippen LogP contribution in [0.2, 0.25) is 0 Å². The smallest absolute Gasteiger partial charge is 0.270 e. The summed E-state index contributed by atoms with van der Waals surface area (Å²) >= 11 is 3.21. The molecule has 20 heavy (non-hydrogen) atoms. The predicted octanol–water partition coefficient (Wildman–Crippen LogP) is 2.90. The molecule has 2 aromatic rings. The lowest BCUT2D eigenvalue weighted by Crippen LogP contribution is -2.14. The summed E-state index contributed by atoms with van der Waals surface area (Å²) in [7, 11) is 0. The van der Waals surface area contributed by atoms with Crippen molar-refractivity contribution in [2.45, 2.75) is 13.3 Å². The number of non-ortho nitro benzene ring substituents is 1. The maximum Gasteiger partial charge on any atom is 0.270 e. The Morgan fingerprint density at radius 3 is 2.95 bits per heavy atom. The maximum absolute atomic E-state index is 12.2. The highest BCUT2D eigenvalue weighted by Crippen LogP contribution is 2.24. The van der Waals surface area contributed by atoms with Crippen LogP contribution in [0.3, 0.4) is 0 Å². The highest BCUT2D eigenvalue weighted by Gasteiger charge is 2.17. The average Bonchev–Trinajstić information content (AvgIpc) is 2.86. The number of nitro benzene ring substituents is 1. The molecule has 0 bridgehead atoms. The first kappa shape index (κ1) is 14.2. The zero-order valence-corrected chi connectivity index (χ0v) is 12.1. The van der Waals surface area contributed by atoms with E-state index in [1.165, 1.54) is 18.2 Å². The summed E-state index contributed by atoms with van der Waals surface area (Å²) in [5.74, 6) is 0.0513. The van der Waals surface area contributed by atoms with E-state index in [1.807, 2.05) is 6.92 Å². The number of hydrogen-bond donors (Lipinski definition) is 2. The maximum atomic E-state index is 12.2. The third-order valence-corrected chi connectivity index (χ3v) is 3.43. The number of nitrogens with one attached hydrogen (secondary N) is 2. The van der Waals surface area contributed by atoms with Gasteiger partial charge in [0.2, 0.25) is 0 Å². The lowest BCUT2D eigenvalue weighted by molar-refractivity contribution is -0.384. The van der Waals surface area contributed by atoms with Gasteiger partial charge in [0, 0.05) is 22.2 Å². The first-order chi connectivity index (χ1) is 9.52. The number of aromatic amines is 1. The van der Waals surface area contributed by atoms with Gasteiger partial charge >= 0.3 is 0 Å². The Hall–Kier alpha value is -2.22. The molecular weight excluding hydrogens is 328 g/mol. The number of aromatic nitrogens is 2. The van der Waals surface area contributed by atoms with Crippen molar-refractivity contribution < 1.29 is 9.72 Å². The minimum absolute atomic E-state index is 0.140. The molecule has 1 aromatic heterocycles. The molecule has 0 fully saturated rings. The zero-order valence-electron chi connectivity index (χ0n) is 10.5. The zero-order chi connectivity index (χ0) is 14.7. The van der Waals surface area contributed by atoms with Crippen molar-refractivity contribution in [3.63, 3.8) is 0 Å². The second-order valence-electron chi connectivity index (χ2n) is 4.00. The normalized spacial score (nSPS) is 10.3. The van der Waals surface area contributed by atoms with Gasteiger partial charge in [-0.05, 0) is 28.4 Å². The topological polar surface area (TPSA) is 101 Å². The molecule has 104 valence electrons. The van der Waals surface area contributed by atoms with E-state index >= 15 is 0 Å². The van der Waals surface area contributed by atoms with Crippen LogP contribution >= 0.6 is 15.9 Å². The van der Waals surface area contributed by atoms with Crippen molar-refractivity contribution in [3.8, 4) is 0 Å². The molecule has 0 aliphatic rings. The number of H-pyrrole nitrogens is 1. The molecule has 0 saturated heterocycles. The molecular formula is C12H11BrN4O3. The van der Waals surface area contributed by atoms with Gasteiger partial charge in [-0.2, -0.15) is 5.10 Å². The lowest BCUT2D eigenvalue weighted by atomic mass is 10.2. The van der Waals surface area contributed by atoms with Crippen LogP contribution in [-0.2, 0) is 6.42 Å². The fraction of sp³-hybridized carbons (Fsp3) is 0.167. The fourth-order valence-corrected chi connectivity index (χ4v) is 2.10. The lowest BCUT2D eigenvalue weighted by Gasteiger charge is -2.06. The average molecular weight is 339 g/mol. The van der Waals surface area contributed by atoms with E-state index in [4.69, 9.17) is 0 Å². The molecule has 1 aromatic carbocycles. The van der Waals surface area contributed by atoms with E-state index in [0.29, 0.717) is 16.7 Å². The number of nitrogens with zero attached hydrogens (tertiary/aromatic N) is 2. The number of carbonyl (C=O) groups is 1. The summed E-state index contributed by atoms with van der Waals surface area (Å²) in [5, 5.41) is 19.9.